The predicted molar refractivity (Wildman–Crippen MR) is 121 cm³/mol. The molecule has 0 spiro atoms. The van der Waals surface area contributed by atoms with Crippen molar-refractivity contribution in [1.82, 2.24) is 4.90 Å². The average Bonchev–Trinajstić information content (AvgIpc) is 2.70. The first-order valence-electron chi connectivity index (χ1n) is 10.4. The second kappa shape index (κ2) is 15.4. The summed E-state index contributed by atoms with van der Waals surface area (Å²) in [5, 5.41) is 10.5. The Morgan fingerprint density at radius 3 is 2.41 bits per heavy atom. The SMILES string of the molecule is C=C/C(C)=C\C=C\CC(C)CCN(CC)CC(O)c1ccc(C)cc1.CC. The summed E-state index contributed by atoms with van der Waals surface area (Å²) in [5.74, 6) is 0.638. The molecule has 2 unspecified atom stereocenters. The van der Waals surface area contributed by atoms with Crippen molar-refractivity contribution in [2.75, 3.05) is 19.6 Å². The van der Waals surface area contributed by atoms with Crippen LogP contribution in [0.1, 0.15) is 64.7 Å². The molecule has 1 aromatic rings. The van der Waals surface area contributed by atoms with Crippen molar-refractivity contribution in [3.63, 3.8) is 0 Å². The van der Waals surface area contributed by atoms with Gasteiger partial charge in [-0.1, -0.05) is 94.0 Å². The fourth-order valence-corrected chi connectivity index (χ4v) is 2.64. The maximum atomic E-state index is 10.5. The Balaban J connectivity index is 0.00000326. The predicted octanol–water partition coefficient (Wildman–Crippen LogP) is 6.48. The molecule has 1 rings (SSSR count). The zero-order valence-electron chi connectivity index (χ0n) is 18.4. The number of rotatable bonds is 11. The van der Waals surface area contributed by atoms with Gasteiger partial charge in [-0.2, -0.15) is 0 Å². The first-order chi connectivity index (χ1) is 13.0. The van der Waals surface area contributed by atoms with Gasteiger partial charge in [0.05, 0.1) is 6.10 Å². The van der Waals surface area contributed by atoms with Crippen LogP contribution in [0.25, 0.3) is 0 Å². The largest absolute Gasteiger partial charge is 0.387 e. The molecule has 0 bridgehead atoms. The lowest BCUT2D eigenvalue weighted by molar-refractivity contribution is 0.113. The monoisotopic (exact) mass is 371 g/mol. The van der Waals surface area contributed by atoms with Gasteiger partial charge in [-0.05, 0) is 51.3 Å². The highest BCUT2D eigenvalue weighted by Crippen LogP contribution is 2.16. The van der Waals surface area contributed by atoms with Gasteiger partial charge in [-0.3, -0.25) is 0 Å². The van der Waals surface area contributed by atoms with Crippen LogP contribution in [-0.4, -0.2) is 29.6 Å². The number of hydrogen-bond donors (Lipinski definition) is 1. The van der Waals surface area contributed by atoms with Crippen LogP contribution in [0, 0.1) is 12.8 Å². The molecule has 2 heteroatoms. The lowest BCUT2D eigenvalue weighted by Crippen LogP contribution is -2.30. The lowest BCUT2D eigenvalue weighted by Gasteiger charge is -2.25. The van der Waals surface area contributed by atoms with E-state index in [1.807, 2.05) is 32.1 Å². The van der Waals surface area contributed by atoms with Crippen molar-refractivity contribution >= 4 is 0 Å². The third-order valence-electron chi connectivity index (χ3n) is 4.63. The number of aryl methyl sites for hydroxylation is 1. The first kappa shape index (κ1) is 25.4. The van der Waals surface area contributed by atoms with E-state index in [0.29, 0.717) is 12.5 Å². The topological polar surface area (TPSA) is 23.5 Å². The number of nitrogens with zero attached hydrogens (tertiary/aromatic N) is 1. The Labute approximate surface area is 168 Å². The molecular weight excluding hydrogens is 330 g/mol. The summed E-state index contributed by atoms with van der Waals surface area (Å²) in [6.45, 7) is 19.0. The minimum absolute atomic E-state index is 0.414. The number of aliphatic hydroxyl groups excluding tert-OH is 1. The maximum Gasteiger partial charge on any atom is 0.0916 e. The summed E-state index contributed by atoms with van der Waals surface area (Å²) in [6.07, 6.45) is 10.1. The Hall–Kier alpha value is -1.64. The summed E-state index contributed by atoms with van der Waals surface area (Å²) < 4.78 is 0. The smallest absolute Gasteiger partial charge is 0.0916 e. The number of aliphatic hydroxyl groups is 1. The van der Waals surface area contributed by atoms with E-state index < -0.39 is 6.10 Å². The summed E-state index contributed by atoms with van der Waals surface area (Å²) in [7, 11) is 0. The minimum Gasteiger partial charge on any atom is -0.387 e. The van der Waals surface area contributed by atoms with Gasteiger partial charge in [-0.15, -0.1) is 0 Å². The van der Waals surface area contributed by atoms with E-state index in [4.69, 9.17) is 0 Å². The van der Waals surface area contributed by atoms with Crippen LogP contribution >= 0.6 is 0 Å². The highest BCUT2D eigenvalue weighted by atomic mass is 16.3. The first-order valence-corrected chi connectivity index (χ1v) is 10.4. The van der Waals surface area contributed by atoms with Gasteiger partial charge in [0.25, 0.3) is 0 Å². The molecule has 1 N–H and O–H groups in total. The maximum absolute atomic E-state index is 10.5. The van der Waals surface area contributed by atoms with Crippen molar-refractivity contribution in [2.45, 2.75) is 60.5 Å². The highest BCUT2D eigenvalue weighted by Gasteiger charge is 2.13. The molecule has 0 fully saturated rings. The van der Waals surface area contributed by atoms with Gasteiger partial charge in [-0.25, -0.2) is 0 Å². The van der Waals surface area contributed by atoms with Gasteiger partial charge in [0.1, 0.15) is 0 Å². The summed E-state index contributed by atoms with van der Waals surface area (Å²) in [5.41, 5.74) is 3.42. The third kappa shape index (κ3) is 11.6. The van der Waals surface area contributed by atoms with Crippen molar-refractivity contribution in [3.8, 4) is 0 Å². The molecule has 0 saturated heterocycles. The quantitative estimate of drug-likeness (QED) is 0.450. The minimum atomic E-state index is -0.414. The van der Waals surface area contributed by atoms with E-state index >= 15 is 0 Å². The molecule has 2 nitrogen and oxygen atoms in total. The van der Waals surface area contributed by atoms with Crippen LogP contribution in [0.4, 0.5) is 0 Å². The van der Waals surface area contributed by atoms with Crippen LogP contribution in [-0.2, 0) is 0 Å². The van der Waals surface area contributed by atoms with E-state index in [1.165, 1.54) is 11.1 Å². The normalized spacial score (nSPS) is 14.0. The zero-order valence-corrected chi connectivity index (χ0v) is 18.4. The van der Waals surface area contributed by atoms with Crippen molar-refractivity contribution in [3.05, 3.63) is 71.8 Å². The molecule has 0 heterocycles. The lowest BCUT2D eigenvalue weighted by atomic mass is 10.0. The van der Waals surface area contributed by atoms with E-state index in [0.717, 1.165) is 31.5 Å². The molecule has 0 radical (unpaired) electrons. The summed E-state index contributed by atoms with van der Waals surface area (Å²) >= 11 is 0. The van der Waals surface area contributed by atoms with E-state index in [-0.39, 0.29) is 0 Å². The Kier molecular flexibility index (Phi) is 14.5. The van der Waals surface area contributed by atoms with Gasteiger partial charge in [0.15, 0.2) is 0 Å². The standard InChI is InChI=1S/C23H35NO.C2H6/c1-6-19(3)10-8-9-11-20(4)16-17-24(7-2)18-23(25)22-14-12-21(5)13-15-22;1-2/h6,8-10,12-15,20,23,25H,1,7,11,16-18H2,2-5H3;1-2H3/b9-8+,19-10-;. The Bertz CT molecular complexity index is 556. The second-order valence-corrected chi connectivity index (χ2v) is 6.99. The van der Waals surface area contributed by atoms with Crippen LogP contribution in [0.2, 0.25) is 0 Å². The van der Waals surface area contributed by atoms with Crippen LogP contribution < -0.4 is 0 Å². The molecule has 27 heavy (non-hydrogen) atoms. The molecule has 0 saturated carbocycles. The molecule has 0 aliphatic rings. The van der Waals surface area contributed by atoms with Gasteiger partial charge < -0.3 is 10.0 Å². The zero-order chi connectivity index (χ0) is 20.7. The van der Waals surface area contributed by atoms with Crippen LogP contribution in [0.5, 0.6) is 0 Å². The number of hydrogen-bond acceptors (Lipinski definition) is 2. The Morgan fingerprint density at radius 2 is 1.85 bits per heavy atom. The number of benzene rings is 1. The molecule has 0 aliphatic carbocycles. The van der Waals surface area contributed by atoms with E-state index in [2.05, 4.69) is 69.5 Å². The molecule has 0 aliphatic heterocycles. The van der Waals surface area contributed by atoms with Crippen molar-refractivity contribution < 1.29 is 5.11 Å². The molecule has 152 valence electrons. The van der Waals surface area contributed by atoms with Gasteiger partial charge in [0, 0.05) is 6.54 Å². The van der Waals surface area contributed by atoms with Gasteiger partial charge >= 0.3 is 0 Å². The van der Waals surface area contributed by atoms with Crippen molar-refractivity contribution in [2.24, 2.45) is 5.92 Å². The summed E-state index contributed by atoms with van der Waals surface area (Å²) in [4.78, 5) is 2.34. The fraction of sp³-hybridized carbons (Fsp3) is 0.520. The Morgan fingerprint density at radius 1 is 1.22 bits per heavy atom. The molecule has 1 aromatic carbocycles. The van der Waals surface area contributed by atoms with E-state index in [9.17, 15) is 5.11 Å². The average molecular weight is 372 g/mol. The van der Waals surface area contributed by atoms with Crippen molar-refractivity contribution in [1.29, 1.82) is 0 Å². The molecular formula is C25H41NO. The van der Waals surface area contributed by atoms with Gasteiger partial charge in [0.2, 0.25) is 0 Å². The van der Waals surface area contributed by atoms with E-state index in [1.54, 1.807) is 0 Å². The molecule has 0 amide bonds. The summed E-state index contributed by atoms with van der Waals surface area (Å²) in [6, 6.07) is 8.18. The molecule has 2 atom stereocenters. The van der Waals surface area contributed by atoms with Crippen LogP contribution in [0.3, 0.4) is 0 Å². The fourth-order valence-electron chi connectivity index (χ4n) is 2.64. The number of likely N-dealkylation sites (N-methyl/N-ethyl adjacent to an activating group) is 1. The highest BCUT2D eigenvalue weighted by molar-refractivity contribution is 5.23. The third-order valence-corrected chi connectivity index (χ3v) is 4.63. The molecule has 0 aromatic heterocycles. The van der Waals surface area contributed by atoms with Crippen LogP contribution in [0.15, 0.2) is 60.7 Å². The second-order valence-electron chi connectivity index (χ2n) is 6.99. The number of allylic oxidation sites excluding steroid dienone is 5.